The van der Waals surface area contributed by atoms with E-state index in [-0.39, 0.29) is 0 Å². The van der Waals surface area contributed by atoms with Crippen molar-refractivity contribution in [2.75, 3.05) is 12.3 Å². The van der Waals surface area contributed by atoms with Gasteiger partial charge in [0, 0.05) is 0 Å². The van der Waals surface area contributed by atoms with Crippen molar-refractivity contribution in [1.29, 1.82) is 0 Å². The highest BCUT2D eigenvalue weighted by Crippen LogP contribution is 2.17. The molecule has 1 heteroatoms. The Hall–Kier alpha value is 0.430. The Bertz CT molecular complexity index is 109. The van der Waals surface area contributed by atoms with Gasteiger partial charge in [-0.05, 0) is 25.2 Å². The Labute approximate surface area is 112 Å². The first-order chi connectivity index (χ1) is 8.41. The van der Waals surface area contributed by atoms with Gasteiger partial charge in [0.05, 0.1) is 0 Å². The van der Waals surface area contributed by atoms with Crippen LogP contribution >= 0.6 is 8.58 Å². The second-order valence-corrected chi connectivity index (χ2v) is 6.79. The van der Waals surface area contributed by atoms with Crippen LogP contribution in [0.25, 0.3) is 0 Å². The van der Waals surface area contributed by atoms with E-state index in [1.54, 1.807) is 0 Å². The molecule has 0 bridgehead atoms. The molecule has 0 fully saturated rings. The number of unbranched alkanes of at least 4 members (excludes halogenated alkanes) is 10. The van der Waals surface area contributed by atoms with Crippen LogP contribution in [0.3, 0.4) is 0 Å². The van der Waals surface area contributed by atoms with E-state index < -0.39 is 0 Å². The van der Waals surface area contributed by atoms with Crippen molar-refractivity contribution in [2.45, 2.75) is 90.9 Å². The van der Waals surface area contributed by atoms with Crippen LogP contribution in [0, 0.1) is 0 Å². The van der Waals surface area contributed by atoms with Gasteiger partial charge < -0.3 is 0 Å². The summed E-state index contributed by atoms with van der Waals surface area (Å²) in [5.74, 6) is 0. The van der Waals surface area contributed by atoms with E-state index in [0.717, 1.165) is 0 Å². The lowest BCUT2D eigenvalue weighted by Gasteiger charge is -2.03. The van der Waals surface area contributed by atoms with Crippen molar-refractivity contribution in [3.8, 4) is 0 Å². The molecule has 0 aromatic carbocycles. The maximum absolute atomic E-state index is 2.29. The Kier molecular flexibility index (Phi) is 16.8. The Morgan fingerprint density at radius 1 is 0.471 bits per heavy atom. The van der Waals surface area contributed by atoms with E-state index >= 15 is 0 Å². The van der Waals surface area contributed by atoms with Crippen LogP contribution in [0.5, 0.6) is 0 Å². The van der Waals surface area contributed by atoms with Gasteiger partial charge in [0.2, 0.25) is 0 Å². The Balaban J connectivity index is 2.85. The molecule has 0 spiro atoms. The molecule has 0 rings (SSSR count). The van der Waals surface area contributed by atoms with E-state index in [9.17, 15) is 0 Å². The van der Waals surface area contributed by atoms with E-state index in [2.05, 4.69) is 13.8 Å². The summed E-state index contributed by atoms with van der Waals surface area (Å²) >= 11 is 0. The van der Waals surface area contributed by atoms with E-state index in [4.69, 9.17) is 0 Å². The Morgan fingerprint density at radius 3 is 1.24 bits per heavy atom. The van der Waals surface area contributed by atoms with Crippen LogP contribution in [0.2, 0.25) is 0 Å². The quantitative estimate of drug-likeness (QED) is 0.250. The lowest BCUT2D eigenvalue weighted by atomic mass is 10.1. The van der Waals surface area contributed by atoms with Crippen LogP contribution in [-0.2, 0) is 0 Å². The van der Waals surface area contributed by atoms with Gasteiger partial charge in [-0.15, -0.1) is 8.58 Å². The monoisotopic (exact) mass is 258 g/mol. The highest BCUT2D eigenvalue weighted by molar-refractivity contribution is 7.37. The molecule has 0 aliphatic carbocycles. The van der Waals surface area contributed by atoms with Gasteiger partial charge >= 0.3 is 0 Å². The molecule has 17 heavy (non-hydrogen) atoms. The van der Waals surface area contributed by atoms with Crippen LogP contribution in [-0.4, -0.2) is 12.3 Å². The largest absolute Gasteiger partial charge is 0.122 e. The van der Waals surface area contributed by atoms with E-state index in [0.29, 0.717) is 0 Å². The molecule has 0 radical (unpaired) electrons. The molecule has 0 heterocycles. The third-order valence-electron chi connectivity index (χ3n) is 3.41. The lowest BCUT2D eigenvalue weighted by molar-refractivity contribution is 0.603. The minimum atomic E-state index is 1.26. The van der Waals surface area contributed by atoms with Crippen molar-refractivity contribution < 1.29 is 0 Å². The average molecular weight is 258 g/mol. The molecule has 0 aromatic heterocycles. The van der Waals surface area contributed by atoms with Crippen molar-refractivity contribution >= 4 is 8.58 Å². The predicted octanol–water partition coefficient (Wildman–Crippen LogP) is 6.39. The molecular weight excluding hydrogens is 223 g/mol. The van der Waals surface area contributed by atoms with Crippen LogP contribution < -0.4 is 0 Å². The highest BCUT2D eigenvalue weighted by atomic mass is 31.1. The summed E-state index contributed by atoms with van der Waals surface area (Å²) in [5, 5.41) is 0. The zero-order valence-electron chi connectivity index (χ0n) is 12.4. The topological polar surface area (TPSA) is 0 Å². The number of hydrogen-bond acceptors (Lipinski definition) is 0. The molecule has 0 aromatic rings. The smallest absolute Gasteiger partial charge is 0.0353 e. The molecular formula is C16H35P. The van der Waals surface area contributed by atoms with Gasteiger partial charge in [-0.3, -0.25) is 0 Å². The van der Waals surface area contributed by atoms with Crippen LogP contribution in [0.15, 0.2) is 0 Å². The summed E-state index contributed by atoms with van der Waals surface area (Å²) in [5.41, 5.74) is 0. The summed E-state index contributed by atoms with van der Waals surface area (Å²) in [6.45, 7) is 4.59. The maximum Gasteiger partial charge on any atom is -0.0353 e. The van der Waals surface area contributed by atoms with Gasteiger partial charge in [0.25, 0.3) is 0 Å². The second-order valence-electron chi connectivity index (χ2n) is 5.29. The fraction of sp³-hybridized carbons (Fsp3) is 1.00. The van der Waals surface area contributed by atoms with Crippen molar-refractivity contribution in [1.82, 2.24) is 0 Å². The van der Waals surface area contributed by atoms with E-state index in [1.807, 2.05) is 0 Å². The summed E-state index contributed by atoms with van der Waals surface area (Å²) in [4.78, 5) is 0. The lowest BCUT2D eigenvalue weighted by Crippen LogP contribution is -1.84. The first kappa shape index (κ1) is 17.4. The molecule has 0 saturated heterocycles. The number of hydrogen-bond donors (Lipinski definition) is 0. The minimum Gasteiger partial charge on any atom is -0.122 e. The van der Waals surface area contributed by atoms with Crippen LogP contribution in [0.4, 0.5) is 0 Å². The fourth-order valence-electron chi connectivity index (χ4n) is 2.19. The summed E-state index contributed by atoms with van der Waals surface area (Å²) < 4.78 is 0. The molecule has 1 atom stereocenters. The fourth-order valence-corrected chi connectivity index (χ4v) is 3.44. The van der Waals surface area contributed by atoms with E-state index in [1.165, 1.54) is 98.0 Å². The zero-order valence-corrected chi connectivity index (χ0v) is 13.4. The first-order valence-corrected chi connectivity index (χ1v) is 9.54. The summed E-state index contributed by atoms with van der Waals surface area (Å²) in [6, 6.07) is 0. The van der Waals surface area contributed by atoms with Gasteiger partial charge in [-0.25, -0.2) is 0 Å². The first-order valence-electron chi connectivity index (χ1n) is 8.12. The molecule has 104 valence electrons. The van der Waals surface area contributed by atoms with Crippen molar-refractivity contribution in [2.24, 2.45) is 0 Å². The maximum atomic E-state index is 2.29. The molecule has 0 aliphatic heterocycles. The predicted molar refractivity (Wildman–Crippen MR) is 84.8 cm³/mol. The standard InChI is InChI=1S/C16H35P/c1-3-5-7-9-10-12-14-16-17-15-13-11-8-6-4-2/h17H,3-16H2,1-2H3. The number of rotatable bonds is 14. The van der Waals surface area contributed by atoms with Gasteiger partial charge in [-0.2, -0.15) is 0 Å². The molecule has 0 nitrogen and oxygen atoms in total. The molecule has 0 saturated carbocycles. The zero-order chi connectivity index (χ0) is 12.6. The Morgan fingerprint density at radius 2 is 0.824 bits per heavy atom. The van der Waals surface area contributed by atoms with Crippen LogP contribution in [0.1, 0.15) is 90.9 Å². The normalized spacial score (nSPS) is 11.6. The summed E-state index contributed by atoms with van der Waals surface area (Å²) in [6.07, 6.45) is 20.5. The summed E-state index contributed by atoms with van der Waals surface area (Å²) in [7, 11) is 1.26. The molecule has 1 unspecified atom stereocenters. The molecule has 0 N–H and O–H groups in total. The van der Waals surface area contributed by atoms with Gasteiger partial charge in [-0.1, -0.05) is 78.1 Å². The van der Waals surface area contributed by atoms with Crippen molar-refractivity contribution in [3.63, 3.8) is 0 Å². The molecule has 0 aliphatic rings. The van der Waals surface area contributed by atoms with Gasteiger partial charge in [0.15, 0.2) is 0 Å². The SMILES string of the molecule is CCCCCCCCCPCCCCCCC. The third kappa shape index (κ3) is 16.4. The highest BCUT2D eigenvalue weighted by Gasteiger charge is 1.93. The van der Waals surface area contributed by atoms with Gasteiger partial charge in [0.1, 0.15) is 0 Å². The third-order valence-corrected chi connectivity index (χ3v) is 4.83. The second kappa shape index (κ2) is 16.4. The average Bonchev–Trinajstić information content (AvgIpc) is 2.35. The minimum absolute atomic E-state index is 1.26. The van der Waals surface area contributed by atoms with Crippen molar-refractivity contribution in [3.05, 3.63) is 0 Å². The molecule has 0 amide bonds.